The number of aromatic hydroxyl groups is 1. The molecule has 4 rings (SSSR count). The monoisotopic (exact) mass is 421 g/mol. The van der Waals surface area contributed by atoms with Crippen molar-refractivity contribution in [3.8, 4) is 5.75 Å². The number of phenols is 1. The summed E-state index contributed by atoms with van der Waals surface area (Å²) in [5.74, 6) is -1.99. The van der Waals surface area contributed by atoms with Crippen molar-refractivity contribution in [2.75, 3.05) is 4.90 Å². The van der Waals surface area contributed by atoms with Gasteiger partial charge >= 0.3 is 0 Å². The Kier molecular flexibility index (Phi) is 4.87. The number of anilines is 1. The van der Waals surface area contributed by atoms with Crippen molar-refractivity contribution in [2.45, 2.75) is 26.8 Å². The van der Waals surface area contributed by atoms with Gasteiger partial charge in [0.15, 0.2) is 5.76 Å². The summed E-state index contributed by atoms with van der Waals surface area (Å²) in [4.78, 5) is 36.6. The fourth-order valence-corrected chi connectivity index (χ4v) is 4.50. The molecule has 2 N–H and O–H groups in total. The van der Waals surface area contributed by atoms with Crippen molar-refractivity contribution in [2.24, 2.45) is 0 Å². The number of Topliss-reactive ketones (excluding diaryl/α,β-unsaturated/α-hetero) is 1. The van der Waals surface area contributed by atoms with Crippen molar-refractivity contribution in [3.05, 3.63) is 80.8 Å². The predicted molar refractivity (Wildman–Crippen MR) is 113 cm³/mol. The number of carbonyl (C=O) groups excluding carboxylic acids is 2. The molecule has 0 bridgehead atoms. The number of rotatable bonds is 4. The van der Waals surface area contributed by atoms with Crippen LogP contribution in [0.4, 0.5) is 5.69 Å². The summed E-state index contributed by atoms with van der Waals surface area (Å²) < 4.78 is 0. The number of pyridine rings is 1. The summed E-state index contributed by atoms with van der Waals surface area (Å²) in [6.07, 6.45) is 3.12. The van der Waals surface area contributed by atoms with Crippen LogP contribution in [-0.2, 0) is 4.79 Å². The molecule has 2 aromatic heterocycles. The Morgan fingerprint density at radius 2 is 1.93 bits per heavy atom. The normalized spacial score (nSPS) is 16.4. The molecule has 1 unspecified atom stereocenters. The summed E-state index contributed by atoms with van der Waals surface area (Å²) >= 11 is 1.21. The quantitative estimate of drug-likeness (QED) is 0.618. The number of benzene rings is 1. The van der Waals surface area contributed by atoms with E-state index in [0.29, 0.717) is 21.1 Å². The molecule has 3 aromatic rings. The number of ketones is 1. The zero-order chi connectivity index (χ0) is 21.6. The molecule has 1 amide bonds. The highest BCUT2D eigenvalue weighted by Gasteiger charge is 2.46. The first-order chi connectivity index (χ1) is 14.3. The van der Waals surface area contributed by atoms with E-state index in [0.717, 1.165) is 5.56 Å². The highest BCUT2D eigenvalue weighted by atomic mass is 32.1. The summed E-state index contributed by atoms with van der Waals surface area (Å²) in [5, 5.41) is 21.9. The maximum Gasteiger partial charge on any atom is 0.294 e. The molecule has 0 radical (unpaired) electrons. The zero-order valence-corrected chi connectivity index (χ0v) is 17.4. The Morgan fingerprint density at radius 1 is 1.17 bits per heavy atom. The van der Waals surface area contributed by atoms with Crippen LogP contribution >= 0.6 is 11.3 Å². The molecule has 0 aliphatic carbocycles. The number of hydrogen-bond acceptors (Lipinski definition) is 7. The minimum absolute atomic E-state index is 0.0549. The van der Waals surface area contributed by atoms with Gasteiger partial charge in [0.05, 0.1) is 32.9 Å². The molecular weight excluding hydrogens is 402 g/mol. The van der Waals surface area contributed by atoms with Gasteiger partial charge in [0, 0.05) is 12.4 Å². The number of aliphatic hydroxyl groups is 1. The van der Waals surface area contributed by atoms with E-state index < -0.39 is 23.5 Å². The third-order valence-corrected chi connectivity index (χ3v) is 6.02. The molecule has 0 fully saturated rings. The molecule has 1 atom stereocenters. The standard InChI is InChI=1S/C22H19N3O4S/c1-11-6-7-16(26)15(9-11)25-18(14-5-4-8-23-10-14)17(20(28)22(25)29)19(27)21-12(2)24-13(3)30-21/h4-10,18,26,28H,1-3H3. The first-order valence-electron chi connectivity index (χ1n) is 9.24. The number of aryl methyl sites for hydroxylation is 3. The lowest BCUT2D eigenvalue weighted by atomic mass is 9.95. The van der Waals surface area contributed by atoms with E-state index >= 15 is 0 Å². The molecule has 7 nitrogen and oxygen atoms in total. The summed E-state index contributed by atoms with van der Waals surface area (Å²) in [7, 11) is 0. The molecule has 1 aliphatic heterocycles. The van der Waals surface area contributed by atoms with E-state index in [-0.39, 0.29) is 17.0 Å². The SMILES string of the molecule is Cc1ccc(O)c(N2C(=O)C(O)=C(C(=O)c3sc(C)nc3C)C2c2cccnc2)c1. The van der Waals surface area contributed by atoms with Crippen LogP contribution < -0.4 is 4.90 Å². The van der Waals surface area contributed by atoms with Gasteiger partial charge in [0.1, 0.15) is 5.75 Å². The third-order valence-electron chi connectivity index (χ3n) is 4.95. The van der Waals surface area contributed by atoms with Crippen LogP contribution in [-0.4, -0.2) is 31.9 Å². The van der Waals surface area contributed by atoms with Crippen LogP contribution in [0.15, 0.2) is 54.1 Å². The van der Waals surface area contributed by atoms with E-state index in [9.17, 15) is 19.8 Å². The molecule has 1 aromatic carbocycles. The molecule has 30 heavy (non-hydrogen) atoms. The molecule has 3 heterocycles. The predicted octanol–water partition coefficient (Wildman–Crippen LogP) is 3.95. The molecule has 0 saturated heterocycles. The van der Waals surface area contributed by atoms with Gasteiger partial charge in [-0.05, 0) is 50.1 Å². The highest BCUT2D eigenvalue weighted by molar-refractivity contribution is 7.14. The van der Waals surface area contributed by atoms with E-state index in [1.807, 2.05) is 6.92 Å². The van der Waals surface area contributed by atoms with Gasteiger partial charge in [0.2, 0.25) is 5.78 Å². The third kappa shape index (κ3) is 3.15. The summed E-state index contributed by atoms with van der Waals surface area (Å²) in [6.45, 7) is 5.33. The Balaban J connectivity index is 1.92. The molecule has 0 spiro atoms. The number of phenolic OH excluding ortho intramolecular Hbond substituents is 1. The van der Waals surface area contributed by atoms with E-state index in [4.69, 9.17) is 0 Å². The van der Waals surface area contributed by atoms with Crippen LogP contribution in [0.25, 0.3) is 0 Å². The second-order valence-electron chi connectivity index (χ2n) is 7.10. The maximum atomic E-state index is 13.4. The van der Waals surface area contributed by atoms with Crippen molar-refractivity contribution < 1.29 is 19.8 Å². The zero-order valence-electron chi connectivity index (χ0n) is 16.6. The fourth-order valence-electron chi connectivity index (χ4n) is 3.63. The van der Waals surface area contributed by atoms with Crippen LogP contribution in [0.3, 0.4) is 0 Å². The van der Waals surface area contributed by atoms with Gasteiger partial charge in [-0.25, -0.2) is 4.98 Å². The van der Waals surface area contributed by atoms with Gasteiger partial charge in [-0.2, -0.15) is 0 Å². The number of aliphatic hydroxyl groups excluding tert-OH is 1. The first-order valence-corrected chi connectivity index (χ1v) is 10.1. The smallest absolute Gasteiger partial charge is 0.294 e. The van der Waals surface area contributed by atoms with E-state index in [1.54, 1.807) is 44.3 Å². The highest BCUT2D eigenvalue weighted by Crippen LogP contribution is 2.45. The fraction of sp³-hybridized carbons (Fsp3) is 0.182. The first kappa shape index (κ1) is 19.8. The Labute approximate surface area is 177 Å². The van der Waals surface area contributed by atoms with Crippen LogP contribution in [0, 0.1) is 20.8 Å². The van der Waals surface area contributed by atoms with E-state index in [2.05, 4.69) is 9.97 Å². The average molecular weight is 421 g/mol. The van der Waals surface area contributed by atoms with Crippen molar-refractivity contribution in [1.29, 1.82) is 0 Å². The van der Waals surface area contributed by atoms with Gasteiger partial charge in [0.25, 0.3) is 5.91 Å². The molecule has 152 valence electrons. The van der Waals surface area contributed by atoms with Gasteiger partial charge in [-0.15, -0.1) is 11.3 Å². The number of aromatic nitrogens is 2. The number of hydrogen-bond donors (Lipinski definition) is 2. The van der Waals surface area contributed by atoms with Crippen molar-refractivity contribution >= 4 is 28.7 Å². The molecular formula is C22H19N3O4S. The second-order valence-corrected chi connectivity index (χ2v) is 8.30. The molecule has 0 saturated carbocycles. The molecule has 1 aliphatic rings. The lowest BCUT2D eigenvalue weighted by Crippen LogP contribution is -2.31. The number of amides is 1. The summed E-state index contributed by atoms with van der Waals surface area (Å²) in [6, 6.07) is 7.30. The van der Waals surface area contributed by atoms with Gasteiger partial charge in [-0.1, -0.05) is 12.1 Å². The number of thiazole rings is 1. The lowest BCUT2D eigenvalue weighted by molar-refractivity contribution is -0.117. The number of nitrogens with zero attached hydrogens (tertiary/aromatic N) is 3. The number of carbonyl (C=O) groups is 2. The largest absolute Gasteiger partial charge is 0.506 e. The van der Waals surface area contributed by atoms with Crippen LogP contribution in [0.5, 0.6) is 5.75 Å². The van der Waals surface area contributed by atoms with E-state index in [1.165, 1.54) is 28.5 Å². The topological polar surface area (TPSA) is 104 Å². The minimum atomic E-state index is -0.937. The van der Waals surface area contributed by atoms with Crippen molar-refractivity contribution in [3.63, 3.8) is 0 Å². The Bertz CT molecular complexity index is 1200. The van der Waals surface area contributed by atoms with Crippen LogP contribution in [0.2, 0.25) is 0 Å². The van der Waals surface area contributed by atoms with Gasteiger partial charge < -0.3 is 10.2 Å². The molecule has 8 heteroatoms. The van der Waals surface area contributed by atoms with Crippen molar-refractivity contribution in [1.82, 2.24) is 9.97 Å². The lowest BCUT2D eigenvalue weighted by Gasteiger charge is -2.27. The van der Waals surface area contributed by atoms with Gasteiger partial charge in [-0.3, -0.25) is 19.5 Å². The average Bonchev–Trinajstić information content (AvgIpc) is 3.20. The summed E-state index contributed by atoms with van der Waals surface area (Å²) in [5.41, 5.74) is 2.05. The maximum absolute atomic E-state index is 13.4. The second kappa shape index (κ2) is 7.38. The Morgan fingerprint density at radius 3 is 2.57 bits per heavy atom. The minimum Gasteiger partial charge on any atom is -0.506 e. The Hall–Kier alpha value is -3.52. The van der Waals surface area contributed by atoms with Crippen LogP contribution in [0.1, 0.15) is 37.5 Å².